The molecule has 1 aliphatic rings. The van der Waals surface area contributed by atoms with E-state index in [0.717, 1.165) is 0 Å². The fourth-order valence-corrected chi connectivity index (χ4v) is 9.16. The number of nitrogens with zero attached hydrogens (tertiary/aromatic N) is 2. The molecule has 202 valence electrons. The molecule has 4 N–H and O–H groups in total. The van der Waals surface area contributed by atoms with E-state index in [-0.39, 0.29) is 38.9 Å². The second-order valence-electron chi connectivity index (χ2n) is 7.06. The highest BCUT2D eigenvalue weighted by Crippen LogP contribution is 2.53. The number of hydrogen-bond acceptors (Lipinski definition) is 14. The van der Waals surface area contributed by atoms with Crippen molar-refractivity contribution >= 4 is 68.6 Å². The first-order valence-corrected chi connectivity index (χ1v) is 18.1. The Balaban J connectivity index is 1.94. The van der Waals surface area contributed by atoms with Crippen LogP contribution in [0.4, 0.5) is 10.2 Å². The highest BCUT2D eigenvalue weighted by molar-refractivity contribution is 8.77. The Labute approximate surface area is 224 Å². The third-order valence-corrected chi connectivity index (χ3v) is 12.4. The molecule has 0 aromatic carbocycles. The Bertz CT molecular complexity index is 841. The summed E-state index contributed by atoms with van der Waals surface area (Å²) in [4.78, 5) is 15.8. The number of anilines is 1. The van der Waals surface area contributed by atoms with Crippen LogP contribution in [0.15, 0.2) is 17.1 Å². The van der Waals surface area contributed by atoms with Gasteiger partial charge in [-0.15, -0.1) is 11.8 Å². The summed E-state index contributed by atoms with van der Waals surface area (Å²) in [7, 11) is 1.96. The van der Waals surface area contributed by atoms with Crippen LogP contribution in [0, 0.1) is 5.92 Å². The van der Waals surface area contributed by atoms with Crippen molar-refractivity contribution in [3.63, 3.8) is 0 Å². The van der Waals surface area contributed by atoms with Gasteiger partial charge in [-0.2, -0.15) is 4.98 Å². The molecular weight excluding hydrogens is 581 g/mol. The lowest BCUT2D eigenvalue weighted by Crippen LogP contribution is -2.30. The molecule has 0 saturated carbocycles. The van der Waals surface area contributed by atoms with Crippen LogP contribution in [-0.2, 0) is 18.1 Å². The fourth-order valence-electron chi connectivity index (χ4n) is 2.83. The first-order chi connectivity index (χ1) is 16.8. The number of nitrogens with two attached hydrogens (primary N) is 1. The second-order valence-corrected chi connectivity index (χ2v) is 15.5. The Morgan fingerprint density at radius 2 is 1.69 bits per heavy atom. The maximum absolute atomic E-state index is 15.0. The summed E-state index contributed by atoms with van der Waals surface area (Å²) < 4.78 is 46.0. The average Bonchev–Trinajstić information content (AvgIpc) is 3.11. The molecule has 0 aliphatic carbocycles. The standard InChI is InChI=1S/C18H31FN3O7PS5/c1-13-14(35-17(16(13)19)22-3-2-15(20)21-18(22)25)12-29-30(26,27-6-10-33-31-8-4-23)28-7-11-34-32-9-5-24/h2-3,13-14,16-17,23-24H,4-12H2,1H3,(H2,20,21,25)/t13-,14-,16+,17-/m1/s1. The van der Waals surface area contributed by atoms with Crippen LogP contribution in [0.3, 0.4) is 0 Å². The van der Waals surface area contributed by atoms with Crippen LogP contribution in [-0.4, -0.2) is 87.2 Å². The van der Waals surface area contributed by atoms with E-state index in [4.69, 9.17) is 29.5 Å². The number of rotatable bonds is 18. The van der Waals surface area contributed by atoms with Gasteiger partial charge in [0.05, 0.1) is 33.0 Å². The van der Waals surface area contributed by atoms with Crippen molar-refractivity contribution in [1.82, 2.24) is 9.55 Å². The largest absolute Gasteiger partial charge is 0.474 e. The Morgan fingerprint density at radius 3 is 2.23 bits per heavy atom. The quantitative estimate of drug-likeness (QED) is 0.127. The molecule has 10 nitrogen and oxygen atoms in total. The molecule has 0 radical (unpaired) electrons. The number of aromatic nitrogens is 2. The highest BCUT2D eigenvalue weighted by atomic mass is 33.1. The SMILES string of the molecule is C[C@H]1[C@H](F)[C@H](n2ccc(N)nc2=O)S[C@@H]1COP(=O)(OCCSSCCO)OCCSSCCO. The zero-order valence-electron chi connectivity index (χ0n) is 19.1. The number of phosphoric acid groups is 1. The van der Waals surface area contributed by atoms with E-state index in [1.807, 2.05) is 0 Å². The number of hydrogen-bond donors (Lipinski definition) is 3. The van der Waals surface area contributed by atoms with E-state index in [2.05, 4.69) is 4.98 Å². The number of thioether (sulfide) groups is 1. The van der Waals surface area contributed by atoms with E-state index in [9.17, 15) is 9.36 Å². The zero-order valence-corrected chi connectivity index (χ0v) is 24.1. The minimum atomic E-state index is -3.91. The summed E-state index contributed by atoms with van der Waals surface area (Å²) in [5.41, 5.74) is 4.89. The molecule has 17 heteroatoms. The predicted molar refractivity (Wildman–Crippen MR) is 147 cm³/mol. The van der Waals surface area contributed by atoms with E-state index in [1.54, 1.807) is 6.92 Å². The summed E-state index contributed by atoms with van der Waals surface area (Å²) in [6.07, 6.45) is 0.0684. The van der Waals surface area contributed by atoms with Crippen LogP contribution in [0.1, 0.15) is 12.3 Å². The van der Waals surface area contributed by atoms with Crippen LogP contribution in [0.5, 0.6) is 0 Å². The molecule has 4 atom stereocenters. The summed E-state index contributed by atoms with van der Waals surface area (Å²) in [6, 6.07) is 1.44. The summed E-state index contributed by atoms with van der Waals surface area (Å²) in [6.45, 7) is 1.99. The summed E-state index contributed by atoms with van der Waals surface area (Å²) >= 11 is 1.20. The van der Waals surface area contributed by atoms with Crippen molar-refractivity contribution in [2.45, 2.75) is 23.7 Å². The van der Waals surface area contributed by atoms with Crippen molar-refractivity contribution in [2.75, 3.05) is 61.8 Å². The molecular formula is C18H31FN3O7PS5. The number of phosphoric ester groups is 1. The van der Waals surface area contributed by atoms with Crippen LogP contribution in [0.2, 0.25) is 0 Å². The monoisotopic (exact) mass is 611 g/mol. The number of halogens is 1. The van der Waals surface area contributed by atoms with Gasteiger partial charge in [-0.05, 0) is 6.07 Å². The number of nitrogen functional groups attached to an aromatic ring is 1. The maximum atomic E-state index is 15.0. The molecule has 1 aromatic rings. The number of aliphatic hydroxyl groups is 2. The first-order valence-electron chi connectivity index (χ1n) is 10.7. The maximum Gasteiger partial charge on any atom is 0.474 e. The van der Waals surface area contributed by atoms with Crippen molar-refractivity contribution < 1.29 is 32.7 Å². The van der Waals surface area contributed by atoms with Crippen LogP contribution in [0.25, 0.3) is 0 Å². The van der Waals surface area contributed by atoms with Gasteiger partial charge < -0.3 is 15.9 Å². The first kappa shape index (κ1) is 31.6. The van der Waals surface area contributed by atoms with Crippen molar-refractivity contribution in [3.05, 3.63) is 22.7 Å². The zero-order chi connectivity index (χ0) is 25.7. The lowest BCUT2D eigenvalue weighted by atomic mass is 10.0. The van der Waals surface area contributed by atoms with Crippen LogP contribution >= 0.6 is 62.8 Å². The minimum Gasteiger partial charge on any atom is -0.395 e. The molecule has 0 spiro atoms. The lowest BCUT2D eigenvalue weighted by molar-refractivity contribution is 0.115. The fraction of sp³-hybridized carbons (Fsp3) is 0.778. The highest BCUT2D eigenvalue weighted by Gasteiger charge is 2.44. The van der Waals surface area contributed by atoms with Gasteiger partial charge in [-0.25, -0.2) is 13.8 Å². The lowest BCUT2D eigenvalue weighted by Gasteiger charge is -2.21. The topological polar surface area (TPSA) is 146 Å². The molecule has 35 heavy (non-hydrogen) atoms. The van der Waals surface area contributed by atoms with Crippen molar-refractivity contribution in [2.24, 2.45) is 5.92 Å². The molecule has 0 amide bonds. The van der Waals surface area contributed by atoms with Crippen molar-refractivity contribution in [1.29, 1.82) is 0 Å². The molecule has 0 unspecified atom stereocenters. The summed E-state index contributed by atoms with van der Waals surface area (Å²) in [5, 5.41) is 16.5. The smallest absolute Gasteiger partial charge is 0.395 e. The van der Waals surface area contributed by atoms with Gasteiger partial charge in [0.25, 0.3) is 0 Å². The molecule has 2 heterocycles. The second kappa shape index (κ2) is 17.1. The van der Waals surface area contributed by atoms with Gasteiger partial charge >= 0.3 is 13.5 Å². The molecule has 1 aromatic heterocycles. The minimum absolute atomic E-state index is 0.0636. The van der Waals surface area contributed by atoms with E-state index in [1.165, 1.54) is 71.8 Å². The van der Waals surface area contributed by atoms with Gasteiger partial charge in [0, 0.05) is 40.4 Å². The van der Waals surface area contributed by atoms with Crippen LogP contribution < -0.4 is 11.4 Å². The van der Waals surface area contributed by atoms with E-state index >= 15 is 4.39 Å². The third-order valence-electron chi connectivity index (χ3n) is 4.55. The Kier molecular flexibility index (Phi) is 15.4. The molecule has 2 rings (SSSR count). The van der Waals surface area contributed by atoms with E-state index in [0.29, 0.717) is 23.0 Å². The Morgan fingerprint density at radius 1 is 1.11 bits per heavy atom. The number of alkyl halides is 1. The van der Waals surface area contributed by atoms with Gasteiger partial charge in [-0.1, -0.05) is 50.1 Å². The summed E-state index contributed by atoms with van der Waals surface area (Å²) in [5.74, 6) is 1.75. The predicted octanol–water partition coefficient (Wildman–Crippen LogP) is 3.32. The van der Waals surface area contributed by atoms with Gasteiger partial charge in [-0.3, -0.25) is 18.1 Å². The molecule has 0 bridgehead atoms. The van der Waals surface area contributed by atoms with E-state index < -0.39 is 36.2 Å². The molecule has 1 aliphatic heterocycles. The van der Waals surface area contributed by atoms with Gasteiger partial charge in [0.1, 0.15) is 17.4 Å². The Hall–Kier alpha value is 0.390. The average molecular weight is 612 g/mol. The van der Waals surface area contributed by atoms with Crippen molar-refractivity contribution in [3.8, 4) is 0 Å². The third kappa shape index (κ3) is 11.0. The normalized spacial score (nSPS) is 22.6. The van der Waals surface area contributed by atoms with Gasteiger partial charge in [0.2, 0.25) is 0 Å². The number of aliphatic hydroxyl groups excluding tert-OH is 2. The van der Waals surface area contributed by atoms with Gasteiger partial charge in [0.15, 0.2) is 0 Å². The molecule has 1 fully saturated rings. The molecule has 1 saturated heterocycles.